The first-order valence-corrected chi connectivity index (χ1v) is 10.0. The van der Waals surface area contributed by atoms with Gasteiger partial charge in [-0.05, 0) is 48.3 Å². The van der Waals surface area contributed by atoms with Crippen LogP contribution in [0.25, 0.3) is 0 Å². The van der Waals surface area contributed by atoms with Gasteiger partial charge in [0.25, 0.3) is 0 Å². The zero-order valence-corrected chi connectivity index (χ0v) is 14.7. The number of thioether (sulfide) groups is 2. The highest BCUT2D eigenvalue weighted by Crippen LogP contribution is 2.45. The number of benzene rings is 1. The van der Waals surface area contributed by atoms with Crippen molar-refractivity contribution < 1.29 is 0 Å². The fourth-order valence-electron chi connectivity index (χ4n) is 2.99. The van der Waals surface area contributed by atoms with E-state index in [2.05, 4.69) is 24.3 Å². The van der Waals surface area contributed by atoms with Crippen molar-refractivity contribution in [2.24, 2.45) is 0 Å². The van der Waals surface area contributed by atoms with Crippen molar-refractivity contribution in [2.45, 2.75) is 46.9 Å². The SMILES string of the molecule is ClC1(Cc2ccc(CC3(Cl)CCCS3)cc2)CCCS1. The topological polar surface area (TPSA) is 0 Å². The van der Waals surface area contributed by atoms with E-state index in [4.69, 9.17) is 23.2 Å². The third-order valence-corrected chi connectivity index (χ3v) is 8.09. The molecule has 2 heterocycles. The Morgan fingerprint density at radius 3 is 1.50 bits per heavy atom. The molecule has 0 amide bonds. The number of rotatable bonds is 4. The van der Waals surface area contributed by atoms with E-state index in [1.165, 1.54) is 35.5 Å². The summed E-state index contributed by atoms with van der Waals surface area (Å²) in [7, 11) is 0. The van der Waals surface area contributed by atoms with Gasteiger partial charge in [0.15, 0.2) is 0 Å². The molecular formula is C16H20Cl2S2. The molecular weight excluding hydrogens is 327 g/mol. The van der Waals surface area contributed by atoms with E-state index in [9.17, 15) is 0 Å². The lowest BCUT2D eigenvalue weighted by molar-refractivity contribution is 0.715. The van der Waals surface area contributed by atoms with Crippen LogP contribution in [0.15, 0.2) is 24.3 Å². The van der Waals surface area contributed by atoms with Crippen molar-refractivity contribution in [2.75, 3.05) is 11.5 Å². The molecule has 0 nitrogen and oxygen atoms in total. The summed E-state index contributed by atoms with van der Waals surface area (Å²) in [6, 6.07) is 8.94. The van der Waals surface area contributed by atoms with E-state index < -0.39 is 0 Å². The Kier molecular flexibility index (Phi) is 4.86. The summed E-state index contributed by atoms with van der Waals surface area (Å²) in [4.78, 5) is 0. The lowest BCUT2D eigenvalue weighted by atomic mass is 10.0. The maximum atomic E-state index is 6.64. The highest BCUT2D eigenvalue weighted by atomic mass is 35.5. The van der Waals surface area contributed by atoms with Gasteiger partial charge in [-0.3, -0.25) is 0 Å². The summed E-state index contributed by atoms with van der Waals surface area (Å²) in [6.45, 7) is 0. The van der Waals surface area contributed by atoms with Gasteiger partial charge in [0.1, 0.15) is 0 Å². The molecule has 0 bridgehead atoms. The minimum atomic E-state index is -0.0590. The zero-order valence-electron chi connectivity index (χ0n) is 11.5. The summed E-state index contributed by atoms with van der Waals surface area (Å²) in [5.41, 5.74) is 2.70. The van der Waals surface area contributed by atoms with Crippen molar-refractivity contribution in [1.29, 1.82) is 0 Å². The second kappa shape index (κ2) is 6.32. The van der Waals surface area contributed by atoms with Crippen LogP contribution in [0.1, 0.15) is 36.8 Å². The van der Waals surface area contributed by atoms with Gasteiger partial charge in [-0.25, -0.2) is 0 Å². The molecule has 0 radical (unpaired) electrons. The van der Waals surface area contributed by atoms with Crippen LogP contribution >= 0.6 is 46.7 Å². The molecule has 2 atom stereocenters. The number of hydrogen-bond acceptors (Lipinski definition) is 2. The molecule has 1 aromatic carbocycles. The van der Waals surface area contributed by atoms with Gasteiger partial charge >= 0.3 is 0 Å². The standard InChI is InChI=1S/C16H20Cl2S2/c17-15(7-1-9-19-15)11-13-3-5-14(6-4-13)12-16(18)8-2-10-20-16/h3-6H,1-2,7-12H2. The van der Waals surface area contributed by atoms with Gasteiger partial charge in [0.05, 0.1) is 8.41 Å². The average molecular weight is 347 g/mol. The first-order chi connectivity index (χ1) is 9.57. The minimum absolute atomic E-state index is 0.0590. The Hall–Kier alpha value is 0.500. The molecule has 2 fully saturated rings. The van der Waals surface area contributed by atoms with Gasteiger partial charge in [-0.15, -0.1) is 46.7 Å². The van der Waals surface area contributed by atoms with Crippen LogP contribution in [-0.2, 0) is 12.8 Å². The Balaban J connectivity index is 1.62. The zero-order chi connectivity index (χ0) is 14.1. The molecule has 1 aromatic rings. The molecule has 2 unspecified atom stereocenters. The van der Waals surface area contributed by atoms with Crippen molar-refractivity contribution in [1.82, 2.24) is 0 Å². The maximum Gasteiger partial charge on any atom is 0.0936 e. The van der Waals surface area contributed by atoms with E-state index in [0.29, 0.717) is 0 Å². The molecule has 0 spiro atoms. The Labute approximate surface area is 140 Å². The number of hydrogen-bond donors (Lipinski definition) is 0. The van der Waals surface area contributed by atoms with Gasteiger partial charge in [-0.2, -0.15) is 0 Å². The van der Waals surface area contributed by atoms with E-state index in [0.717, 1.165) is 25.7 Å². The van der Waals surface area contributed by atoms with Crippen LogP contribution in [0.3, 0.4) is 0 Å². The largest absolute Gasteiger partial charge is 0.139 e. The molecule has 2 aliphatic rings. The second-order valence-electron chi connectivity index (χ2n) is 5.84. The first-order valence-electron chi connectivity index (χ1n) is 7.31. The third-order valence-electron chi connectivity index (χ3n) is 4.07. The molecule has 2 saturated heterocycles. The first kappa shape index (κ1) is 15.4. The van der Waals surface area contributed by atoms with Crippen LogP contribution in [-0.4, -0.2) is 19.9 Å². The maximum absolute atomic E-state index is 6.64. The van der Waals surface area contributed by atoms with Crippen molar-refractivity contribution >= 4 is 46.7 Å². The fourth-order valence-corrected chi connectivity index (χ4v) is 6.45. The highest BCUT2D eigenvalue weighted by molar-refractivity contribution is 8.02. The molecule has 3 rings (SSSR count). The predicted octanol–water partition coefficient (Wildman–Crippen LogP) is 5.70. The molecule has 2 aliphatic heterocycles. The van der Waals surface area contributed by atoms with Crippen LogP contribution in [0.5, 0.6) is 0 Å². The smallest absolute Gasteiger partial charge is 0.0936 e. The van der Waals surface area contributed by atoms with Crippen LogP contribution in [0.2, 0.25) is 0 Å². The quantitative estimate of drug-likeness (QED) is 0.641. The van der Waals surface area contributed by atoms with E-state index in [1.807, 2.05) is 23.5 Å². The lowest BCUT2D eigenvalue weighted by Crippen LogP contribution is -2.17. The summed E-state index contributed by atoms with van der Waals surface area (Å²) in [5, 5.41) is 0. The third kappa shape index (κ3) is 3.82. The van der Waals surface area contributed by atoms with E-state index in [1.54, 1.807) is 0 Å². The van der Waals surface area contributed by atoms with Crippen molar-refractivity contribution in [3.05, 3.63) is 35.4 Å². The molecule has 0 aromatic heterocycles. The lowest BCUT2D eigenvalue weighted by Gasteiger charge is -2.21. The van der Waals surface area contributed by atoms with Crippen LogP contribution in [0, 0.1) is 0 Å². The molecule has 0 saturated carbocycles. The Bertz CT molecular complexity index is 403. The Morgan fingerprint density at radius 2 is 1.20 bits per heavy atom. The minimum Gasteiger partial charge on any atom is -0.139 e. The van der Waals surface area contributed by atoms with Crippen molar-refractivity contribution in [3.63, 3.8) is 0 Å². The van der Waals surface area contributed by atoms with Crippen LogP contribution < -0.4 is 0 Å². The van der Waals surface area contributed by atoms with Gasteiger partial charge in [-0.1, -0.05) is 24.3 Å². The summed E-state index contributed by atoms with van der Waals surface area (Å²) in [6.07, 6.45) is 6.70. The molecule has 20 heavy (non-hydrogen) atoms. The summed E-state index contributed by atoms with van der Waals surface area (Å²) in [5.74, 6) is 2.40. The van der Waals surface area contributed by atoms with E-state index in [-0.39, 0.29) is 8.41 Å². The Morgan fingerprint density at radius 1 is 0.800 bits per heavy atom. The van der Waals surface area contributed by atoms with Gasteiger partial charge in [0, 0.05) is 12.8 Å². The van der Waals surface area contributed by atoms with Gasteiger partial charge in [0.2, 0.25) is 0 Å². The average Bonchev–Trinajstić information content (AvgIpc) is 3.02. The van der Waals surface area contributed by atoms with E-state index >= 15 is 0 Å². The summed E-state index contributed by atoms with van der Waals surface area (Å²) < 4.78 is -0.118. The van der Waals surface area contributed by atoms with Crippen molar-refractivity contribution in [3.8, 4) is 0 Å². The summed E-state index contributed by atoms with van der Waals surface area (Å²) >= 11 is 17.1. The molecule has 0 N–H and O–H groups in total. The van der Waals surface area contributed by atoms with Crippen LogP contribution in [0.4, 0.5) is 0 Å². The normalized spacial score (nSPS) is 33.7. The molecule has 0 aliphatic carbocycles. The fraction of sp³-hybridized carbons (Fsp3) is 0.625. The molecule has 110 valence electrons. The number of halogens is 2. The van der Waals surface area contributed by atoms with Gasteiger partial charge < -0.3 is 0 Å². The number of alkyl halides is 2. The molecule has 4 heteroatoms. The second-order valence-corrected chi connectivity index (χ2v) is 10.7. The predicted molar refractivity (Wildman–Crippen MR) is 94.4 cm³/mol. The highest BCUT2D eigenvalue weighted by Gasteiger charge is 2.33. The monoisotopic (exact) mass is 346 g/mol.